The molecule has 0 saturated carbocycles. The third-order valence-electron chi connectivity index (χ3n) is 1.13. The Hall–Kier alpha value is -0.790. The monoisotopic (exact) mass is 126 g/mol. The van der Waals surface area contributed by atoms with Gasteiger partial charge in [0.25, 0.3) is 0 Å². The second-order valence-electron chi connectivity index (χ2n) is 1.79. The lowest BCUT2D eigenvalue weighted by Gasteiger charge is -2.01. The zero-order valence-corrected chi connectivity index (χ0v) is 6.36. The molecule has 0 aliphatic heterocycles. The molecule has 0 aromatic rings. The van der Waals surface area contributed by atoms with Crippen molar-refractivity contribution >= 4 is 5.71 Å². The van der Waals surface area contributed by atoms with Gasteiger partial charge in [0.05, 0.1) is 5.71 Å². The van der Waals surface area contributed by atoms with Gasteiger partial charge in [-0.2, -0.15) is 0 Å². The number of rotatable bonds is 3. The third kappa shape index (κ3) is 2.90. The van der Waals surface area contributed by atoms with Crippen molar-refractivity contribution in [3.05, 3.63) is 12.3 Å². The number of aliphatic imine (C=N–C) groups is 1. The smallest absolute Gasteiger partial charge is 0.0542 e. The lowest BCUT2D eigenvalue weighted by molar-refractivity contribution is 1.04. The van der Waals surface area contributed by atoms with Gasteiger partial charge < -0.3 is 5.32 Å². The summed E-state index contributed by atoms with van der Waals surface area (Å²) in [5.41, 5.74) is 1.89. The van der Waals surface area contributed by atoms with Crippen LogP contribution in [0.1, 0.15) is 13.8 Å². The number of allylic oxidation sites excluding steroid dienone is 1. The van der Waals surface area contributed by atoms with Gasteiger partial charge in [-0.15, -0.1) is 0 Å². The van der Waals surface area contributed by atoms with E-state index in [2.05, 4.69) is 16.9 Å². The summed E-state index contributed by atoms with van der Waals surface area (Å²) >= 11 is 0. The Labute approximate surface area is 56.7 Å². The molecule has 9 heavy (non-hydrogen) atoms. The molecular formula is C7H14N2. The molecule has 2 heteroatoms. The molecule has 0 aromatic heterocycles. The van der Waals surface area contributed by atoms with Crippen LogP contribution in [0.25, 0.3) is 0 Å². The zero-order valence-electron chi connectivity index (χ0n) is 6.36. The molecule has 0 bridgehead atoms. The topological polar surface area (TPSA) is 24.4 Å². The van der Waals surface area contributed by atoms with E-state index in [4.69, 9.17) is 0 Å². The standard InChI is InChI=1S/C7H14N2/c1-5-9-7(3)6(2)8-4/h8H,2,5H2,1,3-4H3/b9-7-. The number of hydrogen-bond donors (Lipinski definition) is 1. The highest BCUT2D eigenvalue weighted by molar-refractivity contribution is 5.96. The SMILES string of the molecule is C=C(NC)/C(C)=N\CC. The van der Waals surface area contributed by atoms with Gasteiger partial charge in [0.2, 0.25) is 0 Å². The minimum absolute atomic E-state index is 0.826. The Morgan fingerprint density at radius 3 is 2.56 bits per heavy atom. The normalized spacial score (nSPS) is 11.2. The molecule has 52 valence electrons. The van der Waals surface area contributed by atoms with Gasteiger partial charge in [-0.3, -0.25) is 4.99 Å². The van der Waals surface area contributed by atoms with E-state index in [1.165, 1.54) is 0 Å². The van der Waals surface area contributed by atoms with Crippen molar-refractivity contribution < 1.29 is 0 Å². The van der Waals surface area contributed by atoms with Crippen LogP contribution in [0.4, 0.5) is 0 Å². The summed E-state index contributed by atoms with van der Waals surface area (Å²) in [4.78, 5) is 4.15. The summed E-state index contributed by atoms with van der Waals surface area (Å²) in [7, 11) is 1.84. The van der Waals surface area contributed by atoms with E-state index < -0.39 is 0 Å². The average Bonchev–Trinajstić information content (AvgIpc) is 1.87. The van der Waals surface area contributed by atoms with Crippen LogP contribution < -0.4 is 5.32 Å². The predicted molar refractivity (Wildman–Crippen MR) is 41.8 cm³/mol. The van der Waals surface area contributed by atoms with E-state index >= 15 is 0 Å². The van der Waals surface area contributed by atoms with Crippen molar-refractivity contribution in [2.75, 3.05) is 13.6 Å². The fourth-order valence-corrected chi connectivity index (χ4v) is 0.514. The molecule has 0 unspecified atom stereocenters. The molecule has 2 nitrogen and oxygen atoms in total. The van der Waals surface area contributed by atoms with E-state index in [1.54, 1.807) is 0 Å². The predicted octanol–water partition coefficient (Wildman–Crippen LogP) is 1.20. The molecule has 0 spiro atoms. The number of hydrogen-bond acceptors (Lipinski definition) is 2. The van der Waals surface area contributed by atoms with E-state index in [9.17, 15) is 0 Å². The summed E-state index contributed by atoms with van der Waals surface area (Å²) in [6, 6.07) is 0. The number of nitrogens with one attached hydrogen (secondary N) is 1. The molecule has 0 radical (unpaired) electrons. The van der Waals surface area contributed by atoms with Crippen molar-refractivity contribution in [2.45, 2.75) is 13.8 Å². The van der Waals surface area contributed by atoms with Gasteiger partial charge in [0.15, 0.2) is 0 Å². The van der Waals surface area contributed by atoms with Crippen molar-refractivity contribution in [3.8, 4) is 0 Å². The maximum absolute atomic E-state index is 4.15. The molecular weight excluding hydrogens is 112 g/mol. The maximum Gasteiger partial charge on any atom is 0.0542 e. The van der Waals surface area contributed by atoms with Gasteiger partial charge in [-0.25, -0.2) is 0 Å². The Balaban J connectivity index is 3.86. The van der Waals surface area contributed by atoms with Crippen LogP contribution in [0.3, 0.4) is 0 Å². The highest BCUT2D eigenvalue weighted by atomic mass is 14.9. The van der Waals surface area contributed by atoms with Crippen molar-refractivity contribution in [2.24, 2.45) is 4.99 Å². The summed E-state index contributed by atoms with van der Waals surface area (Å²) in [6.07, 6.45) is 0. The molecule has 1 N–H and O–H groups in total. The van der Waals surface area contributed by atoms with Crippen LogP contribution in [0.2, 0.25) is 0 Å². The maximum atomic E-state index is 4.15. The second-order valence-corrected chi connectivity index (χ2v) is 1.79. The van der Waals surface area contributed by atoms with Crippen molar-refractivity contribution in [1.29, 1.82) is 0 Å². The van der Waals surface area contributed by atoms with Crippen LogP contribution in [0.15, 0.2) is 17.3 Å². The Kier molecular flexibility index (Phi) is 3.76. The Morgan fingerprint density at radius 1 is 1.67 bits per heavy atom. The number of nitrogens with zero attached hydrogens (tertiary/aromatic N) is 1. The molecule has 0 saturated heterocycles. The fraction of sp³-hybridized carbons (Fsp3) is 0.571. The van der Waals surface area contributed by atoms with Crippen LogP contribution in [0.5, 0.6) is 0 Å². The largest absolute Gasteiger partial charge is 0.387 e. The fourth-order valence-electron chi connectivity index (χ4n) is 0.514. The molecule has 0 aromatic carbocycles. The van der Waals surface area contributed by atoms with Gasteiger partial charge in [-0.1, -0.05) is 6.58 Å². The summed E-state index contributed by atoms with van der Waals surface area (Å²) in [5.74, 6) is 0. The highest BCUT2D eigenvalue weighted by Crippen LogP contribution is 1.87. The van der Waals surface area contributed by atoms with Crippen LogP contribution in [-0.2, 0) is 0 Å². The van der Waals surface area contributed by atoms with Crippen LogP contribution >= 0.6 is 0 Å². The molecule has 0 rings (SSSR count). The van der Waals surface area contributed by atoms with Gasteiger partial charge in [-0.05, 0) is 13.8 Å². The van der Waals surface area contributed by atoms with Gasteiger partial charge >= 0.3 is 0 Å². The van der Waals surface area contributed by atoms with Crippen molar-refractivity contribution in [3.63, 3.8) is 0 Å². The van der Waals surface area contributed by atoms with E-state index in [1.807, 2.05) is 20.9 Å². The Bertz CT molecular complexity index is 125. The van der Waals surface area contributed by atoms with Gasteiger partial charge in [0, 0.05) is 19.3 Å². The minimum atomic E-state index is 0.826. The molecule has 0 heterocycles. The summed E-state index contributed by atoms with van der Waals surface area (Å²) in [5, 5.41) is 2.92. The minimum Gasteiger partial charge on any atom is -0.387 e. The zero-order chi connectivity index (χ0) is 7.28. The second kappa shape index (κ2) is 4.13. The summed E-state index contributed by atoms with van der Waals surface area (Å²) < 4.78 is 0. The van der Waals surface area contributed by atoms with Crippen LogP contribution in [0, 0.1) is 0 Å². The average molecular weight is 126 g/mol. The van der Waals surface area contributed by atoms with E-state index in [-0.39, 0.29) is 0 Å². The quantitative estimate of drug-likeness (QED) is 0.564. The highest BCUT2D eigenvalue weighted by Gasteiger charge is 1.90. The molecule has 0 aliphatic rings. The lowest BCUT2D eigenvalue weighted by Crippen LogP contribution is -2.12. The molecule has 0 atom stereocenters. The first-order chi connectivity index (χ1) is 4.22. The first-order valence-electron chi connectivity index (χ1n) is 3.10. The van der Waals surface area contributed by atoms with Crippen LogP contribution in [-0.4, -0.2) is 19.3 Å². The van der Waals surface area contributed by atoms with Crippen molar-refractivity contribution in [1.82, 2.24) is 5.32 Å². The lowest BCUT2D eigenvalue weighted by atomic mass is 10.3. The van der Waals surface area contributed by atoms with E-state index in [0.29, 0.717) is 0 Å². The van der Waals surface area contributed by atoms with E-state index in [0.717, 1.165) is 18.0 Å². The first-order valence-corrected chi connectivity index (χ1v) is 3.10. The Morgan fingerprint density at radius 2 is 2.22 bits per heavy atom. The van der Waals surface area contributed by atoms with Gasteiger partial charge in [0.1, 0.15) is 0 Å². The summed E-state index contributed by atoms with van der Waals surface area (Å²) in [6.45, 7) is 8.53. The molecule has 0 amide bonds. The third-order valence-corrected chi connectivity index (χ3v) is 1.13. The first kappa shape index (κ1) is 8.21. The molecule has 0 fully saturated rings. The molecule has 0 aliphatic carbocycles.